The first-order valence-corrected chi connectivity index (χ1v) is 5.79. The van der Waals surface area contributed by atoms with Crippen LogP contribution in [0.5, 0.6) is 0 Å². The lowest BCUT2D eigenvalue weighted by Gasteiger charge is -2.18. The highest BCUT2D eigenvalue weighted by Gasteiger charge is 2.36. The summed E-state index contributed by atoms with van der Waals surface area (Å²) in [6.45, 7) is 2.89. The Kier molecular flexibility index (Phi) is 2.20. The molecule has 1 saturated heterocycles. The average Bonchev–Trinajstić information content (AvgIpc) is 2.60. The van der Waals surface area contributed by atoms with Gasteiger partial charge < -0.3 is 5.32 Å². The molecule has 0 radical (unpaired) electrons. The highest BCUT2D eigenvalue weighted by atomic mass is 79.9. The van der Waals surface area contributed by atoms with Gasteiger partial charge in [0.15, 0.2) is 0 Å². The van der Waals surface area contributed by atoms with Gasteiger partial charge in [-0.2, -0.15) is 0 Å². The second-order valence-corrected chi connectivity index (χ2v) is 5.47. The van der Waals surface area contributed by atoms with Crippen LogP contribution in [0, 0.1) is 0 Å². The summed E-state index contributed by atoms with van der Waals surface area (Å²) in [7, 11) is 0. The molecule has 4 heteroatoms. The molecule has 1 aliphatic heterocycles. The summed E-state index contributed by atoms with van der Waals surface area (Å²) in [6.07, 6.45) is 0.611. The summed E-state index contributed by atoms with van der Waals surface area (Å²) in [5.41, 5.74) is 0.00771. The van der Waals surface area contributed by atoms with Gasteiger partial charge in [-0.1, -0.05) is 6.92 Å². The maximum absolute atomic E-state index is 11.1. The average molecular weight is 260 g/mol. The van der Waals surface area contributed by atoms with E-state index >= 15 is 0 Å². The van der Waals surface area contributed by atoms with E-state index in [1.54, 1.807) is 11.3 Å². The zero-order chi connectivity index (χ0) is 9.47. The third-order valence-electron chi connectivity index (χ3n) is 2.39. The van der Waals surface area contributed by atoms with E-state index in [2.05, 4.69) is 39.6 Å². The molecule has 0 bridgehead atoms. The van der Waals surface area contributed by atoms with Gasteiger partial charge in [0.2, 0.25) is 5.91 Å². The summed E-state index contributed by atoms with van der Waals surface area (Å²) in [4.78, 5) is 12.4. The van der Waals surface area contributed by atoms with E-state index in [9.17, 15) is 4.79 Å². The summed E-state index contributed by atoms with van der Waals surface area (Å²) in [6, 6.07) is 2.10. The van der Waals surface area contributed by atoms with Crippen LogP contribution >= 0.6 is 27.3 Å². The minimum atomic E-state index is 0.00771. The fourth-order valence-electron chi connectivity index (χ4n) is 1.58. The predicted molar refractivity (Wildman–Crippen MR) is 57.0 cm³/mol. The van der Waals surface area contributed by atoms with Crippen molar-refractivity contribution in [2.45, 2.75) is 18.8 Å². The van der Waals surface area contributed by atoms with Crippen LogP contribution in [0.25, 0.3) is 0 Å². The van der Waals surface area contributed by atoms with Crippen molar-refractivity contribution in [1.82, 2.24) is 5.32 Å². The first-order chi connectivity index (χ1) is 6.10. The highest BCUT2D eigenvalue weighted by molar-refractivity contribution is 9.10. The number of hydrogen-bond donors (Lipinski definition) is 1. The van der Waals surface area contributed by atoms with Crippen LogP contribution in [0.1, 0.15) is 18.2 Å². The van der Waals surface area contributed by atoms with Gasteiger partial charge in [-0.3, -0.25) is 4.79 Å². The smallest absolute Gasteiger partial charge is 0.221 e. The standard InChI is InChI=1S/C9H10BrNOS/c1-9(3-8(12)11-5-9)7-2-6(10)4-13-7/h2,4H,3,5H2,1H3,(H,11,12). The van der Waals surface area contributed by atoms with Gasteiger partial charge in [-0.05, 0) is 22.0 Å². The normalized spacial score (nSPS) is 27.7. The van der Waals surface area contributed by atoms with Crippen LogP contribution in [0.15, 0.2) is 15.9 Å². The van der Waals surface area contributed by atoms with E-state index in [-0.39, 0.29) is 11.3 Å². The van der Waals surface area contributed by atoms with Crippen molar-refractivity contribution < 1.29 is 4.79 Å². The fraction of sp³-hybridized carbons (Fsp3) is 0.444. The van der Waals surface area contributed by atoms with Crippen molar-refractivity contribution in [2.75, 3.05) is 6.54 Å². The van der Waals surface area contributed by atoms with Crippen molar-refractivity contribution in [3.63, 3.8) is 0 Å². The molecule has 1 amide bonds. The Labute approximate surface area is 89.5 Å². The molecule has 0 aliphatic carbocycles. The minimum Gasteiger partial charge on any atom is -0.355 e. The molecule has 13 heavy (non-hydrogen) atoms. The number of carbonyl (C=O) groups is 1. The number of rotatable bonds is 1. The second kappa shape index (κ2) is 3.10. The Morgan fingerprint density at radius 2 is 2.46 bits per heavy atom. The number of halogens is 1. The molecule has 1 atom stereocenters. The summed E-state index contributed by atoms with van der Waals surface area (Å²) in [5, 5.41) is 4.93. The second-order valence-electron chi connectivity index (χ2n) is 3.64. The molecule has 1 unspecified atom stereocenters. The van der Waals surface area contributed by atoms with E-state index < -0.39 is 0 Å². The lowest BCUT2D eigenvalue weighted by atomic mass is 9.88. The zero-order valence-electron chi connectivity index (χ0n) is 7.26. The van der Waals surface area contributed by atoms with Crippen molar-refractivity contribution in [1.29, 1.82) is 0 Å². The molecule has 1 aromatic heterocycles. The zero-order valence-corrected chi connectivity index (χ0v) is 9.67. The van der Waals surface area contributed by atoms with E-state index in [0.717, 1.165) is 11.0 Å². The van der Waals surface area contributed by atoms with Gasteiger partial charge in [0.25, 0.3) is 0 Å². The molecule has 1 N–H and O–H groups in total. The first-order valence-electron chi connectivity index (χ1n) is 4.11. The van der Waals surface area contributed by atoms with Crippen molar-refractivity contribution in [3.05, 3.63) is 20.8 Å². The molecule has 70 valence electrons. The van der Waals surface area contributed by atoms with Crippen LogP contribution < -0.4 is 5.32 Å². The van der Waals surface area contributed by atoms with E-state index in [1.807, 2.05) is 0 Å². The van der Waals surface area contributed by atoms with Gasteiger partial charge in [-0.25, -0.2) is 0 Å². The van der Waals surface area contributed by atoms with Crippen molar-refractivity contribution in [2.24, 2.45) is 0 Å². The largest absolute Gasteiger partial charge is 0.355 e. The van der Waals surface area contributed by atoms with E-state index in [4.69, 9.17) is 0 Å². The van der Waals surface area contributed by atoms with Crippen molar-refractivity contribution in [3.8, 4) is 0 Å². The summed E-state index contributed by atoms with van der Waals surface area (Å²) in [5.74, 6) is 0.159. The summed E-state index contributed by atoms with van der Waals surface area (Å²) < 4.78 is 1.10. The van der Waals surface area contributed by atoms with E-state index in [0.29, 0.717) is 6.42 Å². The maximum Gasteiger partial charge on any atom is 0.221 e. The lowest BCUT2D eigenvalue weighted by molar-refractivity contribution is -0.119. The molecular weight excluding hydrogens is 250 g/mol. The Balaban J connectivity index is 2.30. The molecule has 1 aromatic rings. The van der Waals surface area contributed by atoms with Gasteiger partial charge in [0.05, 0.1) is 0 Å². The molecule has 0 spiro atoms. The number of thiophene rings is 1. The van der Waals surface area contributed by atoms with Gasteiger partial charge in [-0.15, -0.1) is 11.3 Å². The van der Waals surface area contributed by atoms with Crippen LogP contribution in [0.4, 0.5) is 0 Å². The fourth-order valence-corrected chi connectivity index (χ4v) is 3.17. The molecule has 1 fully saturated rings. The Morgan fingerprint density at radius 1 is 1.69 bits per heavy atom. The third kappa shape index (κ3) is 1.65. The molecule has 0 saturated carbocycles. The quantitative estimate of drug-likeness (QED) is 0.824. The molecule has 2 rings (SSSR count). The predicted octanol–water partition coefficient (Wildman–Crippen LogP) is 2.29. The SMILES string of the molecule is CC1(c2cc(Br)cs2)CNC(=O)C1. The monoisotopic (exact) mass is 259 g/mol. The number of carbonyl (C=O) groups excluding carboxylic acids is 1. The van der Waals surface area contributed by atoms with E-state index in [1.165, 1.54) is 4.88 Å². The van der Waals surface area contributed by atoms with Crippen molar-refractivity contribution >= 4 is 33.2 Å². The third-order valence-corrected chi connectivity index (χ3v) is 4.39. The van der Waals surface area contributed by atoms with Crippen LogP contribution in [-0.4, -0.2) is 12.5 Å². The molecule has 1 aliphatic rings. The van der Waals surface area contributed by atoms with Crippen LogP contribution in [0.3, 0.4) is 0 Å². The van der Waals surface area contributed by atoms with Gasteiger partial charge in [0.1, 0.15) is 0 Å². The Hall–Kier alpha value is -0.350. The van der Waals surface area contributed by atoms with Crippen LogP contribution in [-0.2, 0) is 10.2 Å². The molecule has 0 aromatic carbocycles. The Bertz CT molecular complexity index is 349. The first kappa shape index (κ1) is 9.21. The van der Waals surface area contributed by atoms with Gasteiger partial charge >= 0.3 is 0 Å². The topological polar surface area (TPSA) is 29.1 Å². The van der Waals surface area contributed by atoms with Gasteiger partial charge in [0, 0.05) is 33.1 Å². The lowest BCUT2D eigenvalue weighted by Crippen LogP contribution is -2.23. The number of amides is 1. The number of nitrogens with one attached hydrogen (secondary N) is 1. The minimum absolute atomic E-state index is 0.00771. The summed E-state index contributed by atoms with van der Waals surface area (Å²) >= 11 is 5.13. The molecular formula is C9H10BrNOS. The maximum atomic E-state index is 11.1. The highest BCUT2D eigenvalue weighted by Crippen LogP contribution is 2.36. The van der Waals surface area contributed by atoms with Crippen LogP contribution in [0.2, 0.25) is 0 Å². The molecule has 2 heterocycles. The molecule has 2 nitrogen and oxygen atoms in total. The number of hydrogen-bond acceptors (Lipinski definition) is 2. The Morgan fingerprint density at radius 3 is 2.92 bits per heavy atom.